The lowest BCUT2D eigenvalue weighted by atomic mass is 9.77. The van der Waals surface area contributed by atoms with Gasteiger partial charge in [0.2, 0.25) is 21.9 Å². The van der Waals surface area contributed by atoms with Gasteiger partial charge in [0.1, 0.15) is 19.3 Å². The molecule has 1 heterocycles. The van der Waals surface area contributed by atoms with E-state index in [2.05, 4.69) is 20.8 Å². The number of hydrogen-bond donors (Lipinski definition) is 1. The lowest BCUT2D eigenvalue weighted by Crippen LogP contribution is -2.19. The number of nitrogens with zero attached hydrogens (tertiary/aromatic N) is 3. The largest absolute Gasteiger partial charge is 0.489 e. The van der Waals surface area contributed by atoms with Crippen molar-refractivity contribution in [2.45, 2.75) is 25.9 Å². The molecule has 184 valence electrons. The summed E-state index contributed by atoms with van der Waals surface area (Å²) in [4.78, 5) is 7.90. The molecule has 0 amide bonds. The van der Waals surface area contributed by atoms with E-state index in [1.54, 1.807) is 18.2 Å². The number of sulfonamides is 1. The Balaban J connectivity index is 1.75. The first-order chi connectivity index (χ1) is 16.5. The topological polar surface area (TPSA) is 114 Å². The fourth-order valence-corrected chi connectivity index (χ4v) is 4.08. The van der Waals surface area contributed by atoms with Gasteiger partial charge in [-0.1, -0.05) is 49.7 Å². The molecule has 0 saturated heterocycles. The van der Waals surface area contributed by atoms with Gasteiger partial charge in [0.15, 0.2) is 5.75 Å². The SMILES string of the molecule is CC(C)(c1ccc(COc2ccnc(NS(C)(=O)=O)n2)cc1)c1cc(Cl)c(OCCCl)c(C#N)c1. The van der Waals surface area contributed by atoms with Crippen LogP contribution in [-0.2, 0) is 22.0 Å². The first-order valence-corrected chi connectivity index (χ1v) is 13.3. The Kier molecular flexibility index (Phi) is 8.43. The van der Waals surface area contributed by atoms with Crippen molar-refractivity contribution < 1.29 is 17.9 Å². The minimum atomic E-state index is -3.49. The number of nitrogens with one attached hydrogen (secondary N) is 1. The van der Waals surface area contributed by atoms with Crippen molar-refractivity contribution in [3.05, 3.63) is 75.9 Å². The maximum atomic E-state index is 11.4. The Hall–Kier alpha value is -3.06. The molecule has 0 spiro atoms. The molecule has 0 atom stereocenters. The molecule has 0 unspecified atom stereocenters. The van der Waals surface area contributed by atoms with Crippen molar-refractivity contribution in [3.63, 3.8) is 0 Å². The third kappa shape index (κ3) is 6.98. The number of anilines is 1. The molecule has 1 aromatic heterocycles. The lowest BCUT2D eigenvalue weighted by molar-refractivity contribution is 0.294. The summed E-state index contributed by atoms with van der Waals surface area (Å²) in [6.45, 7) is 4.57. The van der Waals surface area contributed by atoms with Gasteiger partial charge < -0.3 is 9.47 Å². The number of nitriles is 1. The highest BCUT2D eigenvalue weighted by molar-refractivity contribution is 7.91. The van der Waals surface area contributed by atoms with E-state index in [0.717, 1.165) is 22.9 Å². The zero-order valence-electron chi connectivity index (χ0n) is 19.4. The average Bonchev–Trinajstić information content (AvgIpc) is 2.81. The van der Waals surface area contributed by atoms with Gasteiger partial charge in [-0.05, 0) is 28.8 Å². The highest BCUT2D eigenvalue weighted by Crippen LogP contribution is 2.38. The van der Waals surface area contributed by atoms with Crippen LogP contribution in [0, 0.1) is 11.3 Å². The number of aromatic nitrogens is 2. The first kappa shape index (κ1) is 26.5. The Morgan fingerprint density at radius 2 is 1.83 bits per heavy atom. The number of alkyl halides is 1. The third-order valence-corrected chi connectivity index (χ3v) is 6.17. The molecule has 1 N–H and O–H groups in total. The Labute approximate surface area is 214 Å². The van der Waals surface area contributed by atoms with E-state index in [9.17, 15) is 13.7 Å². The van der Waals surface area contributed by atoms with Crippen LogP contribution < -0.4 is 14.2 Å². The second-order valence-electron chi connectivity index (χ2n) is 8.19. The molecule has 35 heavy (non-hydrogen) atoms. The molecule has 0 saturated carbocycles. The Morgan fingerprint density at radius 3 is 2.46 bits per heavy atom. The van der Waals surface area contributed by atoms with Crippen LogP contribution in [0.4, 0.5) is 5.95 Å². The summed E-state index contributed by atoms with van der Waals surface area (Å²) in [5.74, 6) is 0.809. The molecular weight excluding hydrogens is 511 g/mol. The fourth-order valence-electron chi connectivity index (χ4n) is 3.30. The van der Waals surface area contributed by atoms with Crippen molar-refractivity contribution in [2.24, 2.45) is 0 Å². The van der Waals surface area contributed by atoms with E-state index in [-0.39, 0.29) is 25.0 Å². The standard InChI is InChI=1S/C24H24Cl2N4O4S/c1-24(2,19-12-17(14-27)22(20(26)13-19)33-11-9-25)18-6-4-16(5-7-18)15-34-21-8-10-28-23(29-21)30-35(3,31)32/h4-8,10,12-13H,9,11,15H2,1-3H3,(H,28,29,30). The van der Waals surface area contributed by atoms with Crippen molar-refractivity contribution >= 4 is 39.2 Å². The normalized spacial score (nSPS) is 11.5. The van der Waals surface area contributed by atoms with Crippen molar-refractivity contribution in [2.75, 3.05) is 23.5 Å². The van der Waals surface area contributed by atoms with Crippen molar-refractivity contribution in [1.29, 1.82) is 5.26 Å². The molecule has 0 aliphatic heterocycles. The molecular formula is C24H24Cl2N4O4S. The predicted molar refractivity (Wildman–Crippen MR) is 136 cm³/mol. The molecule has 8 nitrogen and oxygen atoms in total. The number of hydrogen-bond acceptors (Lipinski definition) is 7. The molecule has 0 aliphatic carbocycles. The van der Waals surface area contributed by atoms with Crippen LogP contribution in [0.15, 0.2) is 48.7 Å². The molecule has 2 aromatic carbocycles. The van der Waals surface area contributed by atoms with Crippen LogP contribution >= 0.6 is 23.2 Å². The zero-order chi connectivity index (χ0) is 25.6. The van der Waals surface area contributed by atoms with Gasteiger partial charge in [-0.15, -0.1) is 11.6 Å². The number of ether oxygens (including phenoxy) is 2. The monoisotopic (exact) mass is 534 g/mol. The molecule has 0 aliphatic rings. The maximum absolute atomic E-state index is 11.4. The van der Waals surface area contributed by atoms with E-state index in [4.69, 9.17) is 32.7 Å². The van der Waals surface area contributed by atoms with Crippen LogP contribution in [0.5, 0.6) is 11.6 Å². The molecule has 0 fully saturated rings. The van der Waals surface area contributed by atoms with Crippen molar-refractivity contribution in [1.82, 2.24) is 9.97 Å². The van der Waals surface area contributed by atoms with E-state index < -0.39 is 15.4 Å². The van der Waals surface area contributed by atoms with Crippen LogP contribution in [0.3, 0.4) is 0 Å². The summed E-state index contributed by atoms with van der Waals surface area (Å²) >= 11 is 12.1. The second-order valence-corrected chi connectivity index (χ2v) is 10.7. The summed E-state index contributed by atoms with van der Waals surface area (Å²) in [6, 6.07) is 15.1. The number of halogens is 2. The lowest BCUT2D eigenvalue weighted by Gasteiger charge is -2.27. The van der Waals surface area contributed by atoms with Gasteiger partial charge in [0.05, 0.1) is 22.7 Å². The molecule has 0 bridgehead atoms. The fraction of sp³-hybridized carbons (Fsp3) is 0.292. The molecule has 0 radical (unpaired) electrons. The Bertz CT molecular complexity index is 1340. The smallest absolute Gasteiger partial charge is 0.239 e. The number of rotatable bonds is 10. The van der Waals surface area contributed by atoms with Crippen LogP contribution in [0.2, 0.25) is 5.02 Å². The van der Waals surface area contributed by atoms with Gasteiger partial charge in [-0.2, -0.15) is 10.2 Å². The summed E-state index contributed by atoms with van der Waals surface area (Å²) in [5, 5.41) is 9.94. The van der Waals surface area contributed by atoms with Gasteiger partial charge in [-0.25, -0.2) is 13.4 Å². The number of benzene rings is 2. The van der Waals surface area contributed by atoms with Crippen molar-refractivity contribution in [3.8, 4) is 17.7 Å². The summed E-state index contributed by atoms with van der Waals surface area (Å²) in [7, 11) is -3.49. The van der Waals surface area contributed by atoms with Gasteiger partial charge in [-0.3, -0.25) is 4.72 Å². The minimum absolute atomic E-state index is 0.0587. The average molecular weight is 535 g/mol. The Morgan fingerprint density at radius 1 is 1.11 bits per heavy atom. The van der Waals surface area contributed by atoms with E-state index in [1.165, 1.54) is 6.20 Å². The minimum Gasteiger partial charge on any atom is -0.489 e. The quantitative estimate of drug-likeness (QED) is 0.368. The van der Waals surface area contributed by atoms with Crippen LogP contribution in [-0.4, -0.2) is 37.1 Å². The maximum Gasteiger partial charge on any atom is 0.239 e. The summed E-state index contributed by atoms with van der Waals surface area (Å²) in [5.41, 5.74) is 2.68. The highest BCUT2D eigenvalue weighted by Gasteiger charge is 2.26. The van der Waals surface area contributed by atoms with Crippen LogP contribution in [0.1, 0.15) is 36.1 Å². The molecule has 3 rings (SSSR count). The van der Waals surface area contributed by atoms with Crippen LogP contribution in [0.25, 0.3) is 0 Å². The first-order valence-electron chi connectivity index (χ1n) is 10.5. The summed E-state index contributed by atoms with van der Waals surface area (Å²) in [6.07, 6.45) is 2.43. The predicted octanol–water partition coefficient (Wildman–Crippen LogP) is 4.90. The van der Waals surface area contributed by atoms with Gasteiger partial charge in [0, 0.05) is 17.7 Å². The van der Waals surface area contributed by atoms with Gasteiger partial charge in [0.25, 0.3) is 0 Å². The zero-order valence-corrected chi connectivity index (χ0v) is 21.7. The third-order valence-electron chi connectivity index (χ3n) is 5.18. The van der Waals surface area contributed by atoms with Gasteiger partial charge >= 0.3 is 0 Å². The highest BCUT2D eigenvalue weighted by atomic mass is 35.5. The molecule has 11 heteroatoms. The molecule has 3 aromatic rings. The summed E-state index contributed by atoms with van der Waals surface area (Å²) < 4.78 is 36.2. The van der Waals surface area contributed by atoms with E-state index in [1.807, 2.05) is 38.1 Å². The van der Waals surface area contributed by atoms with E-state index >= 15 is 0 Å². The second kappa shape index (κ2) is 11.1. The van der Waals surface area contributed by atoms with E-state index in [0.29, 0.717) is 22.2 Å².